The Bertz CT molecular complexity index is 388. The highest BCUT2D eigenvalue weighted by Crippen LogP contribution is 2.15. The highest BCUT2D eigenvalue weighted by Gasteiger charge is 1.99. The van der Waals surface area contributed by atoms with Crippen LogP contribution in [0.15, 0.2) is 18.2 Å². The average molecular weight is 207 g/mol. The summed E-state index contributed by atoms with van der Waals surface area (Å²) in [6.45, 7) is 0. The van der Waals surface area contributed by atoms with E-state index in [-0.39, 0.29) is 6.42 Å². The molecular formula is C10H13N3O2. The largest absolute Gasteiger partial charge is 0.481 e. The lowest BCUT2D eigenvalue weighted by Crippen LogP contribution is -2.08. The van der Waals surface area contributed by atoms with Crippen molar-refractivity contribution in [1.82, 2.24) is 4.98 Å². The molecule has 15 heavy (non-hydrogen) atoms. The Balaban J connectivity index is 2.83. The van der Waals surface area contributed by atoms with Gasteiger partial charge in [0.2, 0.25) is 11.8 Å². The molecule has 0 unspecified atom stereocenters. The number of carbonyl (C=O) groups is 1. The van der Waals surface area contributed by atoms with E-state index in [2.05, 4.69) is 4.98 Å². The van der Waals surface area contributed by atoms with Gasteiger partial charge in [0.15, 0.2) is 0 Å². The lowest BCUT2D eigenvalue weighted by Gasteiger charge is -2.02. The first kappa shape index (κ1) is 11.0. The van der Waals surface area contributed by atoms with Crippen molar-refractivity contribution in [3.63, 3.8) is 0 Å². The van der Waals surface area contributed by atoms with Gasteiger partial charge in [-0.2, -0.15) is 0 Å². The van der Waals surface area contributed by atoms with E-state index in [0.717, 1.165) is 0 Å². The van der Waals surface area contributed by atoms with E-state index >= 15 is 0 Å². The molecule has 0 aromatic carbocycles. The number of pyridine rings is 1. The summed E-state index contributed by atoms with van der Waals surface area (Å²) in [7, 11) is 1.52. The minimum Gasteiger partial charge on any atom is -0.481 e. The summed E-state index contributed by atoms with van der Waals surface area (Å²) in [6, 6.07) is 3.36. The van der Waals surface area contributed by atoms with Gasteiger partial charge in [-0.1, -0.05) is 6.08 Å². The predicted octanol–water partition coefficient (Wildman–Crippen LogP) is 0.561. The third kappa shape index (κ3) is 3.30. The second-order valence-corrected chi connectivity index (χ2v) is 2.90. The molecule has 80 valence electrons. The zero-order chi connectivity index (χ0) is 11.3. The molecule has 0 aliphatic heterocycles. The third-order valence-corrected chi connectivity index (χ3v) is 1.74. The number of ether oxygens (including phenoxy) is 1. The quantitative estimate of drug-likeness (QED) is 0.754. The molecule has 1 aromatic rings. The smallest absolute Gasteiger partial charge is 0.221 e. The molecule has 0 radical (unpaired) electrons. The molecule has 1 amide bonds. The van der Waals surface area contributed by atoms with Crippen LogP contribution in [0.2, 0.25) is 0 Å². The van der Waals surface area contributed by atoms with E-state index in [4.69, 9.17) is 16.2 Å². The first-order chi connectivity index (χ1) is 7.13. The Morgan fingerprint density at radius 2 is 2.33 bits per heavy atom. The number of methoxy groups -OCH3 is 1. The fourth-order valence-electron chi connectivity index (χ4n) is 1.00. The molecule has 0 saturated carbocycles. The third-order valence-electron chi connectivity index (χ3n) is 1.74. The predicted molar refractivity (Wildman–Crippen MR) is 58.0 cm³/mol. The van der Waals surface area contributed by atoms with Crippen molar-refractivity contribution >= 4 is 17.7 Å². The average Bonchev–Trinajstić information content (AvgIpc) is 2.20. The number of hydrogen-bond donors (Lipinski definition) is 2. The lowest BCUT2D eigenvalue weighted by molar-refractivity contribution is -0.117. The van der Waals surface area contributed by atoms with Gasteiger partial charge >= 0.3 is 0 Å². The SMILES string of the molecule is COc1ccc(N)c(C=CCC(N)=O)n1. The van der Waals surface area contributed by atoms with Crippen LogP contribution < -0.4 is 16.2 Å². The number of nitrogen functional groups attached to an aromatic ring is 1. The van der Waals surface area contributed by atoms with Crippen LogP contribution in [-0.2, 0) is 4.79 Å². The minimum absolute atomic E-state index is 0.165. The molecule has 0 atom stereocenters. The fraction of sp³-hybridized carbons (Fsp3) is 0.200. The van der Waals surface area contributed by atoms with Crippen molar-refractivity contribution in [3.8, 4) is 5.88 Å². The standard InChI is InChI=1S/C10H13N3O2/c1-15-10-6-5-7(11)8(13-10)3-2-4-9(12)14/h2-3,5-6H,4,11H2,1H3,(H2,12,14). The molecule has 1 rings (SSSR count). The Morgan fingerprint density at radius 3 is 2.93 bits per heavy atom. The summed E-state index contributed by atoms with van der Waals surface area (Å²) in [5.41, 5.74) is 11.7. The molecule has 0 bridgehead atoms. The molecule has 0 spiro atoms. The van der Waals surface area contributed by atoms with Crippen LogP contribution in [0.1, 0.15) is 12.1 Å². The molecule has 0 aliphatic rings. The van der Waals surface area contributed by atoms with E-state index in [9.17, 15) is 4.79 Å². The number of amides is 1. The molecular weight excluding hydrogens is 194 g/mol. The van der Waals surface area contributed by atoms with Crippen molar-refractivity contribution in [1.29, 1.82) is 0 Å². The van der Waals surface area contributed by atoms with Gasteiger partial charge in [-0.25, -0.2) is 4.98 Å². The maximum absolute atomic E-state index is 10.5. The Hall–Kier alpha value is -2.04. The van der Waals surface area contributed by atoms with Crippen molar-refractivity contribution in [2.24, 2.45) is 5.73 Å². The Morgan fingerprint density at radius 1 is 1.60 bits per heavy atom. The van der Waals surface area contributed by atoms with Gasteiger partial charge in [-0.15, -0.1) is 0 Å². The fourth-order valence-corrected chi connectivity index (χ4v) is 1.00. The lowest BCUT2D eigenvalue weighted by atomic mass is 10.2. The van der Waals surface area contributed by atoms with E-state index in [1.807, 2.05) is 0 Å². The Kier molecular flexibility index (Phi) is 3.68. The summed E-state index contributed by atoms with van der Waals surface area (Å²) in [5, 5.41) is 0. The van der Waals surface area contributed by atoms with Crippen molar-refractivity contribution in [2.45, 2.75) is 6.42 Å². The van der Waals surface area contributed by atoms with Gasteiger partial charge in [-0.3, -0.25) is 4.79 Å². The molecule has 0 aliphatic carbocycles. The van der Waals surface area contributed by atoms with Crippen molar-refractivity contribution in [2.75, 3.05) is 12.8 Å². The van der Waals surface area contributed by atoms with Gasteiger partial charge in [0.05, 0.1) is 18.5 Å². The monoisotopic (exact) mass is 207 g/mol. The highest BCUT2D eigenvalue weighted by molar-refractivity contribution is 5.77. The van der Waals surface area contributed by atoms with Crippen molar-refractivity contribution < 1.29 is 9.53 Å². The summed E-state index contributed by atoms with van der Waals surface area (Å²) < 4.78 is 4.95. The highest BCUT2D eigenvalue weighted by atomic mass is 16.5. The molecule has 0 saturated heterocycles. The van der Waals surface area contributed by atoms with E-state index < -0.39 is 5.91 Å². The molecule has 5 heteroatoms. The molecule has 0 fully saturated rings. The van der Waals surface area contributed by atoms with E-state index in [1.165, 1.54) is 7.11 Å². The van der Waals surface area contributed by atoms with Crippen LogP contribution in [0, 0.1) is 0 Å². The zero-order valence-corrected chi connectivity index (χ0v) is 8.43. The van der Waals surface area contributed by atoms with Crippen LogP contribution in [0.3, 0.4) is 0 Å². The first-order valence-electron chi connectivity index (χ1n) is 4.39. The maximum Gasteiger partial charge on any atom is 0.221 e. The summed E-state index contributed by atoms with van der Waals surface area (Å²) in [4.78, 5) is 14.6. The van der Waals surface area contributed by atoms with Crippen LogP contribution in [-0.4, -0.2) is 18.0 Å². The zero-order valence-electron chi connectivity index (χ0n) is 8.43. The molecule has 1 heterocycles. The van der Waals surface area contributed by atoms with Gasteiger partial charge in [-0.05, 0) is 12.1 Å². The maximum atomic E-state index is 10.5. The number of carbonyl (C=O) groups excluding carboxylic acids is 1. The number of anilines is 1. The van der Waals surface area contributed by atoms with E-state index in [1.54, 1.807) is 24.3 Å². The van der Waals surface area contributed by atoms with Crippen LogP contribution in [0.25, 0.3) is 6.08 Å². The number of nitrogens with zero attached hydrogens (tertiary/aromatic N) is 1. The second kappa shape index (κ2) is 4.99. The minimum atomic E-state index is -0.396. The van der Waals surface area contributed by atoms with Gasteiger partial charge < -0.3 is 16.2 Å². The van der Waals surface area contributed by atoms with E-state index in [0.29, 0.717) is 17.3 Å². The number of nitrogens with two attached hydrogens (primary N) is 2. The molecule has 1 aromatic heterocycles. The number of primary amides is 1. The van der Waals surface area contributed by atoms with Crippen LogP contribution >= 0.6 is 0 Å². The first-order valence-corrected chi connectivity index (χ1v) is 4.39. The summed E-state index contributed by atoms with van der Waals surface area (Å²) in [6.07, 6.45) is 3.42. The normalized spacial score (nSPS) is 10.5. The van der Waals surface area contributed by atoms with Gasteiger partial charge in [0.1, 0.15) is 0 Å². The molecule has 5 nitrogen and oxygen atoms in total. The second-order valence-electron chi connectivity index (χ2n) is 2.90. The number of aromatic nitrogens is 1. The topological polar surface area (TPSA) is 91.2 Å². The Labute approximate surface area is 87.7 Å². The van der Waals surface area contributed by atoms with Crippen molar-refractivity contribution in [3.05, 3.63) is 23.9 Å². The molecule has 4 N–H and O–H groups in total. The van der Waals surface area contributed by atoms with Gasteiger partial charge in [0, 0.05) is 12.5 Å². The van der Waals surface area contributed by atoms with Crippen LogP contribution in [0.5, 0.6) is 5.88 Å². The number of rotatable bonds is 4. The number of hydrogen-bond acceptors (Lipinski definition) is 4. The summed E-state index contributed by atoms with van der Waals surface area (Å²) >= 11 is 0. The summed E-state index contributed by atoms with van der Waals surface area (Å²) in [5.74, 6) is 0.0793. The van der Waals surface area contributed by atoms with Gasteiger partial charge in [0.25, 0.3) is 0 Å². The van der Waals surface area contributed by atoms with Crippen LogP contribution in [0.4, 0.5) is 5.69 Å².